The number of H-pyrrole nitrogens is 1. The molecule has 5 heterocycles. The Morgan fingerprint density at radius 1 is 0.946 bits per heavy atom. The van der Waals surface area contributed by atoms with Crippen molar-refractivity contribution in [3.63, 3.8) is 0 Å². The maximum absolute atomic E-state index is 9.51. The van der Waals surface area contributed by atoms with Gasteiger partial charge in [-0.25, -0.2) is 4.98 Å². The highest BCUT2D eigenvalue weighted by Gasteiger charge is 2.22. The predicted octanol–water partition coefficient (Wildman–Crippen LogP) is 4.64. The van der Waals surface area contributed by atoms with E-state index in [2.05, 4.69) is 43.1 Å². The van der Waals surface area contributed by atoms with Gasteiger partial charge in [0, 0.05) is 35.8 Å². The van der Waals surface area contributed by atoms with Crippen LogP contribution in [0.2, 0.25) is 0 Å². The number of nitrogens with zero attached hydrogens (tertiary/aromatic N) is 8. The molecule has 5 aromatic heterocycles. The van der Waals surface area contributed by atoms with E-state index in [4.69, 9.17) is 0 Å². The minimum Gasteiger partial charge on any atom is -0.346 e. The third-order valence-electron chi connectivity index (χ3n) is 6.71. The summed E-state index contributed by atoms with van der Waals surface area (Å²) in [4.78, 5) is 21.1. The number of imidazole rings is 1. The number of nitriles is 2. The van der Waals surface area contributed by atoms with Gasteiger partial charge in [-0.05, 0) is 55.8 Å². The molecule has 0 saturated carbocycles. The van der Waals surface area contributed by atoms with Gasteiger partial charge in [-0.15, -0.1) is 4.99 Å². The smallest absolute Gasteiger partial charge is 0.226 e. The number of pyridine rings is 3. The molecule has 0 bridgehead atoms. The molecule has 0 aliphatic carbocycles. The summed E-state index contributed by atoms with van der Waals surface area (Å²) in [5.41, 5.74) is 6.43. The lowest BCUT2D eigenvalue weighted by Gasteiger charge is -2.15. The lowest BCUT2D eigenvalue weighted by Crippen LogP contribution is -2.23. The third-order valence-corrected chi connectivity index (χ3v) is 6.71. The summed E-state index contributed by atoms with van der Waals surface area (Å²) in [5.74, 6) is 0. The first-order valence-corrected chi connectivity index (χ1v) is 11.7. The molecule has 9 heteroatoms. The Kier molecular flexibility index (Phi) is 4.89. The molecule has 0 aliphatic heterocycles. The molecule has 6 aromatic rings. The topological polar surface area (TPSA) is 124 Å². The van der Waals surface area contributed by atoms with Crippen LogP contribution >= 0.6 is 0 Å². The molecule has 1 aromatic carbocycles. The fraction of sp³-hybridized carbons (Fsp3) is 0.143. The molecule has 37 heavy (non-hydrogen) atoms. The summed E-state index contributed by atoms with van der Waals surface area (Å²) >= 11 is 0. The van der Waals surface area contributed by atoms with E-state index in [1.807, 2.05) is 78.9 Å². The van der Waals surface area contributed by atoms with Crippen LogP contribution in [0.5, 0.6) is 0 Å². The normalized spacial score (nSPS) is 12.3. The Hall–Kier alpha value is -5.28. The van der Waals surface area contributed by atoms with E-state index >= 15 is 0 Å². The van der Waals surface area contributed by atoms with Crippen molar-refractivity contribution >= 4 is 33.0 Å². The molecule has 0 spiro atoms. The van der Waals surface area contributed by atoms with E-state index in [-0.39, 0.29) is 0 Å². The van der Waals surface area contributed by atoms with E-state index in [1.54, 1.807) is 12.4 Å². The van der Waals surface area contributed by atoms with Crippen molar-refractivity contribution < 1.29 is 0 Å². The SMILES string of the molecule is Cn1/c(=N/C#N)n(-c2ccc(C(C)(C)C#N)nc2)c2c3cc(-c4cnc5[nH]ccc5c4)ccc3ncc21. The minimum absolute atomic E-state index is 0.446. The van der Waals surface area contributed by atoms with Gasteiger partial charge < -0.3 is 9.55 Å². The zero-order valence-corrected chi connectivity index (χ0v) is 20.4. The molecule has 0 fully saturated rings. The Bertz CT molecular complexity index is 1990. The van der Waals surface area contributed by atoms with E-state index < -0.39 is 5.41 Å². The summed E-state index contributed by atoms with van der Waals surface area (Å²) in [5, 5.41) is 20.9. The van der Waals surface area contributed by atoms with Crippen molar-refractivity contribution in [2.45, 2.75) is 19.3 Å². The number of hydrogen-bond donors (Lipinski definition) is 1. The van der Waals surface area contributed by atoms with Crippen LogP contribution in [-0.2, 0) is 12.5 Å². The summed E-state index contributed by atoms with van der Waals surface area (Å²) in [6.45, 7) is 3.66. The number of nitrogens with one attached hydrogen (secondary N) is 1. The van der Waals surface area contributed by atoms with E-state index in [9.17, 15) is 10.5 Å². The van der Waals surface area contributed by atoms with Crippen LogP contribution in [0.1, 0.15) is 19.5 Å². The quantitative estimate of drug-likeness (QED) is 0.367. The Balaban J connectivity index is 1.65. The molecule has 9 nitrogen and oxygen atoms in total. The highest BCUT2D eigenvalue weighted by Crippen LogP contribution is 2.31. The fourth-order valence-corrected chi connectivity index (χ4v) is 4.64. The molecule has 0 radical (unpaired) electrons. The first-order chi connectivity index (χ1) is 17.9. The molecular formula is C28H21N9. The van der Waals surface area contributed by atoms with Crippen LogP contribution in [0.15, 0.2) is 72.2 Å². The zero-order valence-electron chi connectivity index (χ0n) is 20.4. The Morgan fingerprint density at radius 2 is 1.81 bits per heavy atom. The highest BCUT2D eigenvalue weighted by molar-refractivity contribution is 6.04. The van der Waals surface area contributed by atoms with Gasteiger partial charge in [-0.2, -0.15) is 10.5 Å². The van der Waals surface area contributed by atoms with Gasteiger partial charge in [0.15, 0.2) is 0 Å². The van der Waals surface area contributed by atoms with E-state index in [0.717, 1.165) is 49.8 Å². The monoisotopic (exact) mass is 483 g/mol. The second kappa shape index (κ2) is 8.14. The largest absolute Gasteiger partial charge is 0.346 e. The van der Waals surface area contributed by atoms with Crippen LogP contribution < -0.4 is 5.62 Å². The summed E-state index contributed by atoms with van der Waals surface area (Å²) < 4.78 is 3.76. The van der Waals surface area contributed by atoms with Gasteiger partial charge in [0.1, 0.15) is 5.65 Å². The minimum atomic E-state index is -0.720. The van der Waals surface area contributed by atoms with Gasteiger partial charge >= 0.3 is 0 Å². The molecule has 0 atom stereocenters. The summed E-state index contributed by atoms with van der Waals surface area (Å²) in [7, 11) is 1.86. The van der Waals surface area contributed by atoms with Crippen LogP contribution in [0, 0.1) is 22.8 Å². The predicted molar refractivity (Wildman–Crippen MR) is 140 cm³/mol. The molecule has 0 unspecified atom stereocenters. The Morgan fingerprint density at radius 3 is 2.57 bits per heavy atom. The van der Waals surface area contributed by atoms with Crippen molar-refractivity contribution in [3.05, 3.63) is 78.6 Å². The molecule has 0 amide bonds. The van der Waals surface area contributed by atoms with Gasteiger partial charge in [0.2, 0.25) is 11.8 Å². The maximum atomic E-state index is 9.51. The third kappa shape index (κ3) is 3.45. The Labute approximate surface area is 211 Å². The maximum Gasteiger partial charge on any atom is 0.226 e. The van der Waals surface area contributed by atoms with Gasteiger partial charge in [-0.1, -0.05) is 6.07 Å². The second-order valence-electron chi connectivity index (χ2n) is 9.41. The van der Waals surface area contributed by atoms with Gasteiger partial charge in [0.05, 0.1) is 51.8 Å². The second-order valence-corrected chi connectivity index (χ2v) is 9.41. The first-order valence-electron chi connectivity index (χ1n) is 11.7. The van der Waals surface area contributed by atoms with Gasteiger partial charge in [-0.3, -0.25) is 14.5 Å². The summed E-state index contributed by atoms with van der Waals surface area (Å²) in [6, 6.07) is 16.2. The number of rotatable bonds is 3. The van der Waals surface area contributed by atoms with Crippen LogP contribution in [0.25, 0.3) is 49.8 Å². The molecule has 0 saturated heterocycles. The van der Waals surface area contributed by atoms with E-state index in [1.165, 1.54) is 0 Å². The molecular weight excluding hydrogens is 462 g/mol. The lowest BCUT2D eigenvalue weighted by molar-refractivity contribution is 0.658. The molecule has 6 rings (SSSR count). The van der Waals surface area contributed by atoms with Crippen molar-refractivity contribution in [1.29, 1.82) is 10.5 Å². The number of aryl methyl sites for hydroxylation is 1. The zero-order chi connectivity index (χ0) is 25.7. The summed E-state index contributed by atoms with van der Waals surface area (Å²) in [6.07, 6.45) is 9.16. The fourth-order valence-electron chi connectivity index (χ4n) is 4.64. The number of hydrogen-bond acceptors (Lipinski definition) is 6. The van der Waals surface area contributed by atoms with Crippen molar-refractivity contribution in [2.24, 2.45) is 12.0 Å². The van der Waals surface area contributed by atoms with Crippen LogP contribution in [0.3, 0.4) is 0 Å². The average molecular weight is 484 g/mol. The first kappa shape index (κ1) is 22.2. The lowest BCUT2D eigenvalue weighted by atomic mass is 9.91. The number of benzene rings is 1. The molecule has 1 N–H and O–H groups in total. The average Bonchev–Trinajstić information content (AvgIpc) is 3.51. The van der Waals surface area contributed by atoms with Gasteiger partial charge in [0.25, 0.3) is 0 Å². The number of aromatic amines is 1. The standard InChI is InChI=1S/C28H21N9/c1-28(2,15-29)24-7-5-20(13-33-24)37-25-21-11-17(19-10-18-8-9-31-26(18)34-12-19)4-6-22(21)32-14-23(25)36(3)27(37)35-16-30/h4-14H,1-3H3,(H,31,34)/b35-27-. The van der Waals surface area contributed by atoms with Crippen molar-refractivity contribution in [1.82, 2.24) is 29.1 Å². The van der Waals surface area contributed by atoms with Crippen molar-refractivity contribution in [3.8, 4) is 29.1 Å². The van der Waals surface area contributed by atoms with Crippen LogP contribution in [-0.4, -0.2) is 29.1 Å². The van der Waals surface area contributed by atoms with Crippen molar-refractivity contribution in [2.75, 3.05) is 0 Å². The number of fused-ring (bicyclic) bond motifs is 4. The van der Waals surface area contributed by atoms with E-state index in [0.29, 0.717) is 11.3 Å². The highest BCUT2D eigenvalue weighted by atomic mass is 15.2. The van der Waals surface area contributed by atoms with Crippen LogP contribution in [0.4, 0.5) is 0 Å². The molecule has 178 valence electrons. The number of aromatic nitrogens is 6. The molecule has 0 aliphatic rings.